The number of hydrogen-bond donors (Lipinski definition) is 1. The highest BCUT2D eigenvalue weighted by Crippen LogP contribution is 2.26. The van der Waals surface area contributed by atoms with Crippen molar-refractivity contribution in [2.75, 3.05) is 7.11 Å². The molecule has 0 aliphatic rings. The number of methoxy groups -OCH3 is 1. The van der Waals surface area contributed by atoms with E-state index in [2.05, 4.69) is 5.16 Å². The van der Waals surface area contributed by atoms with E-state index in [1.54, 1.807) is 7.11 Å². The standard InChI is InChI=1S/C12H11NO2/c1-15-12-7-6-9-4-2-3-5-10(9)11(12)8-13-14/h2-8,14H,1H3. The third-order valence-corrected chi connectivity index (χ3v) is 2.34. The Hall–Kier alpha value is -2.03. The Morgan fingerprint density at radius 2 is 2.00 bits per heavy atom. The van der Waals surface area contributed by atoms with Crippen LogP contribution in [0.3, 0.4) is 0 Å². The van der Waals surface area contributed by atoms with Crippen LogP contribution in [-0.2, 0) is 0 Å². The molecular formula is C12H11NO2. The molecule has 2 rings (SSSR count). The van der Waals surface area contributed by atoms with Crippen LogP contribution in [0.5, 0.6) is 5.75 Å². The Morgan fingerprint density at radius 1 is 1.20 bits per heavy atom. The van der Waals surface area contributed by atoms with Gasteiger partial charge in [0.25, 0.3) is 0 Å². The molecule has 76 valence electrons. The minimum absolute atomic E-state index is 0.700. The van der Waals surface area contributed by atoms with E-state index in [9.17, 15) is 0 Å². The van der Waals surface area contributed by atoms with Crippen LogP contribution in [0.15, 0.2) is 41.6 Å². The smallest absolute Gasteiger partial charge is 0.128 e. The van der Waals surface area contributed by atoms with Gasteiger partial charge in [-0.3, -0.25) is 0 Å². The summed E-state index contributed by atoms with van der Waals surface area (Å²) in [4.78, 5) is 0. The normalized spacial score (nSPS) is 11.0. The van der Waals surface area contributed by atoms with Gasteiger partial charge in [0.2, 0.25) is 0 Å². The highest BCUT2D eigenvalue weighted by Gasteiger charge is 2.05. The quantitative estimate of drug-likeness (QED) is 0.461. The Labute approximate surface area is 87.6 Å². The van der Waals surface area contributed by atoms with Crippen LogP contribution in [0, 0.1) is 0 Å². The number of hydrogen-bond acceptors (Lipinski definition) is 3. The zero-order valence-corrected chi connectivity index (χ0v) is 8.34. The van der Waals surface area contributed by atoms with Crippen LogP contribution >= 0.6 is 0 Å². The number of fused-ring (bicyclic) bond motifs is 1. The van der Waals surface area contributed by atoms with E-state index in [1.807, 2.05) is 36.4 Å². The maximum absolute atomic E-state index is 8.61. The van der Waals surface area contributed by atoms with Gasteiger partial charge in [-0.1, -0.05) is 35.5 Å². The highest BCUT2D eigenvalue weighted by atomic mass is 16.5. The zero-order valence-electron chi connectivity index (χ0n) is 8.34. The van der Waals surface area contributed by atoms with Crippen LogP contribution in [0.25, 0.3) is 10.8 Å². The summed E-state index contributed by atoms with van der Waals surface area (Å²) < 4.78 is 5.20. The molecular weight excluding hydrogens is 190 g/mol. The molecule has 0 amide bonds. The lowest BCUT2D eigenvalue weighted by Crippen LogP contribution is -1.92. The van der Waals surface area contributed by atoms with E-state index in [4.69, 9.17) is 9.94 Å². The third-order valence-electron chi connectivity index (χ3n) is 2.34. The van der Waals surface area contributed by atoms with E-state index < -0.39 is 0 Å². The molecule has 0 unspecified atom stereocenters. The zero-order chi connectivity index (χ0) is 10.7. The summed E-state index contributed by atoms with van der Waals surface area (Å²) in [5.41, 5.74) is 0.790. The summed E-state index contributed by atoms with van der Waals surface area (Å²) in [6, 6.07) is 11.7. The van der Waals surface area contributed by atoms with Crippen LogP contribution in [0.1, 0.15) is 5.56 Å². The van der Waals surface area contributed by atoms with Crippen LogP contribution in [0.4, 0.5) is 0 Å². The molecule has 0 aliphatic heterocycles. The first kappa shape index (κ1) is 9.52. The summed E-state index contributed by atoms with van der Waals surface area (Å²) in [5, 5.41) is 13.8. The molecule has 3 heteroatoms. The Bertz CT molecular complexity index is 506. The van der Waals surface area contributed by atoms with Crippen molar-refractivity contribution < 1.29 is 9.94 Å². The number of benzene rings is 2. The number of nitrogens with zero attached hydrogens (tertiary/aromatic N) is 1. The first-order chi connectivity index (χ1) is 7.36. The van der Waals surface area contributed by atoms with Crippen molar-refractivity contribution in [3.05, 3.63) is 42.0 Å². The number of rotatable bonds is 2. The molecule has 2 aromatic carbocycles. The molecule has 0 aliphatic carbocycles. The molecule has 2 aromatic rings. The van der Waals surface area contributed by atoms with Crippen molar-refractivity contribution in [1.82, 2.24) is 0 Å². The average Bonchev–Trinajstić information content (AvgIpc) is 2.30. The lowest BCUT2D eigenvalue weighted by Gasteiger charge is -2.07. The SMILES string of the molecule is COc1ccc2ccccc2c1C=NO. The predicted octanol–water partition coefficient (Wildman–Crippen LogP) is 2.66. The second kappa shape index (κ2) is 4.00. The predicted molar refractivity (Wildman–Crippen MR) is 59.9 cm³/mol. The van der Waals surface area contributed by atoms with Crippen molar-refractivity contribution in [3.8, 4) is 5.75 Å². The molecule has 0 aromatic heterocycles. The first-order valence-electron chi connectivity index (χ1n) is 4.60. The van der Waals surface area contributed by atoms with Crippen LogP contribution in [-0.4, -0.2) is 18.5 Å². The van der Waals surface area contributed by atoms with E-state index >= 15 is 0 Å². The molecule has 0 spiro atoms. The number of oxime groups is 1. The van der Waals surface area contributed by atoms with Crippen LogP contribution < -0.4 is 4.74 Å². The van der Waals surface area contributed by atoms with E-state index in [0.717, 1.165) is 16.3 Å². The molecule has 15 heavy (non-hydrogen) atoms. The maximum atomic E-state index is 8.61. The van der Waals surface area contributed by atoms with Crippen molar-refractivity contribution in [2.24, 2.45) is 5.16 Å². The summed E-state index contributed by atoms with van der Waals surface area (Å²) >= 11 is 0. The Morgan fingerprint density at radius 3 is 2.73 bits per heavy atom. The molecule has 0 radical (unpaired) electrons. The molecule has 0 bridgehead atoms. The molecule has 1 N–H and O–H groups in total. The van der Waals surface area contributed by atoms with E-state index in [-0.39, 0.29) is 0 Å². The lowest BCUT2D eigenvalue weighted by atomic mass is 10.0. The van der Waals surface area contributed by atoms with Gasteiger partial charge in [0.15, 0.2) is 0 Å². The molecule has 0 atom stereocenters. The van der Waals surface area contributed by atoms with Gasteiger partial charge < -0.3 is 9.94 Å². The summed E-state index contributed by atoms with van der Waals surface area (Å²) in [5.74, 6) is 0.700. The average molecular weight is 201 g/mol. The van der Waals surface area contributed by atoms with Crippen molar-refractivity contribution in [2.45, 2.75) is 0 Å². The maximum Gasteiger partial charge on any atom is 0.128 e. The van der Waals surface area contributed by atoms with Crippen molar-refractivity contribution in [1.29, 1.82) is 0 Å². The largest absolute Gasteiger partial charge is 0.496 e. The van der Waals surface area contributed by atoms with Gasteiger partial charge in [-0.25, -0.2) is 0 Å². The molecule has 0 saturated heterocycles. The minimum atomic E-state index is 0.700. The van der Waals surface area contributed by atoms with E-state index in [0.29, 0.717) is 5.75 Å². The fourth-order valence-corrected chi connectivity index (χ4v) is 1.64. The van der Waals surface area contributed by atoms with Crippen LogP contribution in [0.2, 0.25) is 0 Å². The Balaban J connectivity index is 2.78. The van der Waals surface area contributed by atoms with Gasteiger partial charge in [-0.15, -0.1) is 0 Å². The first-order valence-corrected chi connectivity index (χ1v) is 4.60. The number of ether oxygens (including phenoxy) is 1. The van der Waals surface area contributed by atoms with Gasteiger partial charge in [0.1, 0.15) is 5.75 Å². The van der Waals surface area contributed by atoms with Crippen molar-refractivity contribution >= 4 is 17.0 Å². The lowest BCUT2D eigenvalue weighted by molar-refractivity contribution is 0.321. The topological polar surface area (TPSA) is 41.8 Å². The van der Waals surface area contributed by atoms with Gasteiger partial charge >= 0.3 is 0 Å². The van der Waals surface area contributed by atoms with Gasteiger partial charge in [-0.05, 0) is 16.8 Å². The molecule has 0 fully saturated rings. The van der Waals surface area contributed by atoms with Crippen molar-refractivity contribution in [3.63, 3.8) is 0 Å². The fourth-order valence-electron chi connectivity index (χ4n) is 1.64. The highest BCUT2D eigenvalue weighted by molar-refractivity contribution is 6.02. The van der Waals surface area contributed by atoms with E-state index in [1.165, 1.54) is 6.21 Å². The molecule has 0 saturated carbocycles. The molecule has 3 nitrogen and oxygen atoms in total. The summed E-state index contributed by atoms with van der Waals surface area (Å²) in [6.07, 6.45) is 1.39. The molecule has 0 heterocycles. The summed E-state index contributed by atoms with van der Waals surface area (Å²) in [6.45, 7) is 0. The minimum Gasteiger partial charge on any atom is -0.496 e. The van der Waals surface area contributed by atoms with Gasteiger partial charge in [0, 0.05) is 5.56 Å². The second-order valence-electron chi connectivity index (χ2n) is 3.15. The Kier molecular flexibility index (Phi) is 2.54. The fraction of sp³-hybridized carbons (Fsp3) is 0.0833. The summed E-state index contributed by atoms with van der Waals surface area (Å²) in [7, 11) is 1.60. The van der Waals surface area contributed by atoms with Gasteiger partial charge in [-0.2, -0.15) is 0 Å². The third kappa shape index (κ3) is 1.64. The monoisotopic (exact) mass is 201 g/mol. The van der Waals surface area contributed by atoms with Gasteiger partial charge in [0.05, 0.1) is 13.3 Å². The second-order valence-corrected chi connectivity index (χ2v) is 3.15.